The largest absolute Gasteiger partial charge is 0.366 e. The molecule has 0 aromatic heterocycles. The van der Waals surface area contributed by atoms with Crippen molar-refractivity contribution in [3.8, 4) is 0 Å². The minimum Gasteiger partial charge on any atom is -0.366 e. The van der Waals surface area contributed by atoms with Gasteiger partial charge in [0.2, 0.25) is 0 Å². The third-order valence-electron chi connectivity index (χ3n) is 2.86. The monoisotopic (exact) mass is 184 g/mol. The number of amides is 1. The molecule has 0 saturated carbocycles. The maximum absolute atomic E-state index is 11.6. The van der Waals surface area contributed by atoms with Crippen molar-refractivity contribution in [3.63, 3.8) is 0 Å². The van der Waals surface area contributed by atoms with Gasteiger partial charge in [0.05, 0.1) is 12.6 Å². The van der Waals surface area contributed by atoms with Crippen LogP contribution in [0.5, 0.6) is 0 Å². The van der Waals surface area contributed by atoms with Gasteiger partial charge in [0, 0.05) is 19.6 Å². The lowest BCUT2D eigenvalue weighted by Crippen LogP contribution is -2.61. The minimum absolute atomic E-state index is 0.157. The van der Waals surface area contributed by atoms with Crippen LogP contribution in [0.25, 0.3) is 0 Å². The molecule has 1 amide bonds. The Bertz CT molecular complexity index is 220. The van der Waals surface area contributed by atoms with Crippen LogP contribution in [0.2, 0.25) is 0 Å². The molecule has 2 atom stereocenters. The van der Waals surface area contributed by atoms with Crippen LogP contribution in [-0.2, 0) is 9.53 Å². The Morgan fingerprint density at radius 1 is 1.46 bits per heavy atom. The van der Waals surface area contributed by atoms with Crippen LogP contribution in [0.1, 0.15) is 6.92 Å². The van der Waals surface area contributed by atoms with E-state index >= 15 is 0 Å². The Kier molecular flexibility index (Phi) is 2.26. The lowest BCUT2D eigenvalue weighted by molar-refractivity contribution is -0.161. The Hall–Kier alpha value is -0.610. The molecule has 0 aromatic carbocycles. The average molecular weight is 184 g/mol. The summed E-state index contributed by atoms with van der Waals surface area (Å²) in [5.41, 5.74) is 0. The maximum atomic E-state index is 11.6. The van der Waals surface area contributed by atoms with Crippen molar-refractivity contribution >= 4 is 5.91 Å². The summed E-state index contributed by atoms with van der Waals surface area (Å²) in [4.78, 5) is 15.9. The highest BCUT2D eigenvalue weighted by molar-refractivity contribution is 5.81. The molecular formula is C9H16N2O2. The SMILES string of the molecule is C[C@H]1OC[C@@H]2CN(C)CCN2C1=O. The summed E-state index contributed by atoms with van der Waals surface area (Å²) in [5, 5.41) is 0. The number of likely N-dealkylation sites (N-methyl/N-ethyl adjacent to an activating group) is 1. The second-order valence-corrected chi connectivity index (χ2v) is 3.92. The molecule has 0 spiro atoms. The summed E-state index contributed by atoms with van der Waals surface area (Å²) in [7, 11) is 2.08. The van der Waals surface area contributed by atoms with Crippen LogP contribution in [0.3, 0.4) is 0 Å². The second-order valence-electron chi connectivity index (χ2n) is 3.92. The summed E-state index contributed by atoms with van der Waals surface area (Å²) in [5.74, 6) is 0.157. The fraction of sp³-hybridized carbons (Fsp3) is 0.889. The number of ether oxygens (including phenoxy) is 1. The predicted molar refractivity (Wildman–Crippen MR) is 48.4 cm³/mol. The van der Waals surface area contributed by atoms with Crippen molar-refractivity contribution in [1.82, 2.24) is 9.80 Å². The molecule has 13 heavy (non-hydrogen) atoms. The van der Waals surface area contributed by atoms with Crippen LogP contribution in [0.15, 0.2) is 0 Å². The Labute approximate surface area is 78.4 Å². The first-order valence-electron chi connectivity index (χ1n) is 4.79. The average Bonchev–Trinajstić information content (AvgIpc) is 2.12. The molecular weight excluding hydrogens is 168 g/mol. The maximum Gasteiger partial charge on any atom is 0.251 e. The molecule has 0 N–H and O–H groups in total. The molecule has 2 aliphatic heterocycles. The van der Waals surface area contributed by atoms with Crippen molar-refractivity contribution in [1.29, 1.82) is 0 Å². The van der Waals surface area contributed by atoms with E-state index in [4.69, 9.17) is 4.74 Å². The summed E-state index contributed by atoms with van der Waals surface area (Å²) in [6, 6.07) is 0.280. The topological polar surface area (TPSA) is 32.8 Å². The normalized spacial score (nSPS) is 36.2. The van der Waals surface area contributed by atoms with Gasteiger partial charge in [-0.25, -0.2) is 0 Å². The number of rotatable bonds is 0. The van der Waals surface area contributed by atoms with Gasteiger partial charge in [-0.05, 0) is 14.0 Å². The van der Waals surface area contributed by atoms with E-state index in [9.17, 15) is 4.79 Å². The number of fused-ring (bicyclic) bond motifs is 1. The Morgan fingerprint density at radius 2 is 2.23 bits per heavy atom. The van der Waals surface area contributed by atoms with Crippen molar-refractivity contribution < 1.29 is 9.53 Å². The third kappa shape index (κ3) is 1.56. The molecule has 2 heterocycles. The van der Waals surface area contributed by atoms with Crippen LogP contribution in [0, 0.1) is 0 Å². The number of piperazine rings is 1. The van der Waals surface area contributed by atoms with Gasteiger partial charge in [0.15, 0.2) is 0 Å². The first-order chi connectivity index (χ1) is 6.18. The zero-order valence-corrected chi connectivity index (χ0v) is 8.19. The summed E-state index contributed by atoms with van der Waals surface area (Å²) in [6.07, 6.45) is -0.236. The molecule has 0 radical (unpaired) electrons. The van der Waals surface area contributed by atoms with Gasteiger partial charge in [-0.15, -0.1) is 0 Å². The second kappa shape index (κ2) is 3.27. The number of nitrogens with zero attached hydrogens (tertiary/aromatic N) is 2. The van der Waals surface area contributed by atoms with E-state index in [2.05, 4.69) is 11.9 Å². The van der Waals surface area contributed by atoms with Gasteiger partial charge in [0.1, 0.15) is 6.10 Å². The van der Waals surface area contributed by atoms with Gasteiger partial charge < -0.3 is 14.5 Å². The molecule has 0 unspecified atom stereocenters. The lowest BCUT2D eigenvalue weighted by Gasteiger charge is -2.44. The molecule has 0 bridgehead atoms. The molecule has 2 fully saturated rings. The number of hydrogen-bond donors (Lipinski definition) is 0. The van der Waals surface area contributed by atoms with Crippen LogP contribution in [-0.4, -0.2) is 61.1 Å². The molecule has 2 rings (SSSR count). The van der Waals surface area contributed by atoms with Gasteiger partial charge in [0.25, 0.3) is 5.91 Å². The van der Waals surface area contributed by atoms with E-state index in [1.54, 1.807) is 0 Å². The number of hydrogen-bond acceptors (Lipinski definition) is 3. The summed E-state index contributed by atoms with van der Waals surface area (Å²) < 4.78 is 5.39. The molecule has 74 valence electrons. The van der Waals surface area contributed by atoms with E-state index in [0.29, 0.717) is 6.61 Å². The zero-order chi connectivity index (χ0) is 9.42. The predicted octanol–water partition coefficient (Wildman–Crippen LogP) is -0.452. The van der Waals surface area contributed by atoms with E-state index in [1.807, 2.05) is 11.8 Å². The van der Waals surface area contributed by atoms with Crippen LogP contribution < -0.4 is 0 Å². The molecule has 0 aromatic rings. The van der Waals surface area contributed by atoms with Crippen molar-refractivity contribution in [2.24, 2.45) is 0 Å². The lowest BCUT2D eigenvalue weighted by atomic mass is 10.1. The quantitative estimate of drug-likeness (QED) is 0.511. The molecule has 4 nitrogen and oxygen atoms in total. The number of morpholine rings is 1. The van der Waals surface area contributed by atoms with Crippen molar-refractivity contribution in [2.75, 3.05) is 33.3 Å². The van der Waals surface area contributed by atoms with Crippen LogP contribution in [0.4, 0.5) is 0 Å². The molecule has 2 aliphatic rings. The highest BCUT2D eigenvalue weighted by Crippen LogP contribution is 2.16. The van der Waals surface area contributed by atoms with E-state index in [0.717, 1.165) is 19.6 Å². The summed E-state index contributed by atoms with van der Waals surface area (Å²) >= 11 is 0. The Balaban J connectivity index is 2.06. The molecule has 4 heteroatoms. The molecule has 0 aliphatic carbocycles. The van der Waals surface area contributed by atoms with Gasteiger partial charge in [-0.3, -0.25) is 4.79 Å². The fourth-order valence-electron chi connectivity index (χ4n) is 2.00. The number of carbonyl (C=O) groups is 1. The van der Waals surface area contributed by atoms with Gasteiger partial charge in [-0.2, -0.15) is 0 Å². The standard InChI is InChI=1S/C9H16N2O2/c1-7-9(12)11-4-3-10(2)5-8(11)6-13-7/h7-8H,3-6H2,1-2H3/t7-,8+/m1/s1. The Morgan fingerprint density at radius 3 is 3.00 bits per heavy atom. The third-order valence-corrected chi connectivity index (χ3v) is 2.86. The fourth-order valence-corrected chi connectivity index (χ4v) is 2.00. The van der Waals surface area contributed by atoms with Crippen molar-refractivity contribution in [3.05, 3.63) is 0 Å². The van der Waals surface area contributed by atoms with Crippen molar-refractivity contribution in [2.45, 2.75) is 19.1 Å². The van der Waals surface area contributed by atoms with E-state index in [1.165, 1.54) is 0 Å². The molecule has 2 saturated heterocycles. The first kappa shape index (κ1) is 8.97. The number of carbonyl (C=O) groups excluding carboxylic acids is 1. The van der Waals surface area contributed by atoms with Gasteiger partial charge >= 0.3 is 0 Å². The summed E-state index contributed by atoms with van der Waals surface area (Å²) in [6.45, 7) is 5.30. The van der Waals surface area contributed by atoms with Gasteiger partial charge in [-0.1, -0.05) is 0 Å². The first-order valence-corrected chi connectivity index (χ1v) is 4.79. The van der Waals surface area contributed by atoms with E-state index < -0.39 is 0 Å². The van der Waals surface area contributed by atoms with E-state index in [-0.39, 0.29) is 18.1 Å². The highest BCUT2D eigenvalue weighted by Gasteiger charge is 2.36. The minimum atomic E-state index is -0.236. The zero-order valence-electron chi connectivity index (χ0n) is 8.19. The smallest absolute Gasteiger partial charge is 0.251 e. The highest BCUT2D eigenvalue weighted by atomic mass is 16.5. The van der Waals surface area contributed by atoms with Crippen LogP contribution >= 0.6 is 0 Å².